The lowest BCUT2D eigenvalue weighted by Crippen LogP contribution is -2.25. The molecular formula is C18H23N3O2. The molecule has 0 radical (unpaired) electrons. The van der Waals surface area contributed by atoms with Gasteiger partial charge >= 0.3 is 0 Å². The van der Waals surface area contributed by atoms with Gasteiger partial charge in [0.2, 0.25) is 11.8 Å². The minimum atomic E-state index is 0.182. The molecule has 1 fully saturated rings. The van der Waals surface area contributed by atoms with Gasteiger partial charge in [-0.25, -0.2) is 0 Å². The molecule has 1 aromatic heterocycles. The van der Waals surface area contributed by atoms with Crippen LogP contribution >= 0.6 is 0 Å². The first-order chi connectivity index (χ1) is 11.1. The lowest BCUT2D eigenvalue weighted by molar-refractivity contribution is -0.128. The summed E-state index contributed by atoms with van der Waals surface area (Å²) >= 11 is 0. The van der Waals surface area contributed by atoms with E-state index >= 15 is 0 Å². The molecule has 1 amide bonds. The summed E-state index contributed by atoms with van der Waals surface area (Å²) in [6, 6.07) is 10.3. The van der Waals surface area contributed by atoms with Crippen molar-refractivity contribution >= 4 is 5.91 Å². The van der Waals surface area contributed by atoms with Crippen LogP contribution in [0.3, 0.4) is 0 Å². The van der Waals surface area contributed by atoms with E-state index in [-0.39, 0.29) is 5.91 Å². The number of aromatic nitrogens is 2. The van der Waals surface area contributed by atoms with Crippen molar-refractivity contribution in [3.05, 3.63) is 47.6 Å². The Kier molecular flexibility index (Phi) is 4.74. The van der Waals surface area contributed by atoms with E-state index in [0.29, 0.717) is 36.5 Å². The highest BCUT2D eigenvalue weighted by Crippen LogP contribution is 2.23. The van der Waals surface area contributed by atoms with Gasteiger partial charge in [-0.3, -0.25) is 4.79 Å². The second-order valence-electron chi connectivity index (χ2n) is 6.74. The Balaban J connectivity index is 1.56. The predicted octanol–water partition coefficient (Wildman–Crippen LogP) is 2.86. The van der Waals surface area contributed by atoms with Crippen LogP contribution in [0.4, 0.5) is 0 Å². The first-order valence-corrected chi connectivity index (χ1v) is 8.23. The van der Waals surface area contributed by atoms with E-state index in [0.717, 1.165) is 19.4 Å². The fraction of sp³-hybridized carbons (Fsp3) is 0.500. The van der Waals surface area contributed by atoms with Gasteiger partial charge in [-0.1, -0.05) is 49.3 Å². The van der Waals surface area contributed by atoms with Crippen molar-refractivity contribution in [1.82, 2.24) is 15.0 Å². The zero-order valence-corrected chi connectivity index (χ0v) is 13.7. The molecule has 5 nitrogen and oxygen atoms in total. The maximum absolute atomic E-state index is 12.2. The summed E-state index contributed by atoms with van der Waals surface area (Å²) in [5.41, 5.74) is 1.28. The molecular weight excluding hydrogens is 290 g/mol. The Morgan fingerprint density at radius 3 is 2.83 bits per heavy atom. The minimum absolute atomic E-state index is 0.182. The molecule has 1 aliphatic rings. The predicted molar refractivity (Wildman–Crippen MR) is 86.5 cm³/mol. The summed E-state index contributed by atoms with van der Waals surface area (Å²) in [4.78, 5) is 18.4. The van der Waals surface area contributed by atoms with E-state index in [1.54, 1.807) is 0 Å². The van der Waals surface area contributed by atoms with Gasteiger partial charge in [-0.15, -0.1) is 0 Å². The molecule has 1 aromatic carbocycles. The molecule has 3 rings (SSSR count). The summed E-state index contributed by atoms with van der Waals surface area (Å²) in [5, 5.41) is 4.00. The van der Waals surface area contributed by atoms with E-state index < -0.39 is 0 Å². The molecule has 2 aromatic rings. The van der Waals surface area contributed by atoms with Crippen LogP contribution in [0.1, 0.15) is 37.5 Å². The molecule has 1 saturated heterocycles. The van der Waals surface area contributed by atoms with Crippen molar-refractivity contribution in [3.8, 4) is 0 Å². The monoisotopic (exact) mass is 313 g/mol. The van der Waals surface area contributed by atoms with Crippen molar-refractivity contribution in [3.63, 3.8) is 0 Å². The van der Waals surface area contributed by atoms with E-state index in [4.69, 9.17) is 4.52 Å². The Morgan fingerprint density at radius 2 is 2.09 bits per heavy atom. The van der Waals surface area contributed by atoms with E-state index in [1.165, 1.54) is 5.56 Å². The normalized spacial score (nSPS) is 18.1. The highest BCUT2D eigenvalue weighted by Gasteiger charge is 2.30. The van der Waals surface area contributed by atoms with Crippen molar-refractivity contribution in [2.24, 2.45) is 11.8 Å². The number of nitrogens with zero attached hydrogens (tertiary/aromatic N) is 3. The Hall–Kier alpha value is -2.17. The van der Waals surface area contributed by atoms with Crippen LogP contribution in [0.5, 0.6) is 0 Å². The zero-order chi connectivity index (χ0) is 16.2. The van der Waals surface area contributed by atoms with Crippen molar-refractivity contribution in [2.45, 2.75) is 39.7 Å². The second-order valence-corrected chi connectivity index (χ2v) is 6.74. The van der Waals surface area contributed by atoms with Gasteiger partial charge in [0, 0.05) is 19.4 Å². The second kappa shape index (κ2) is 6.94. The van der Waals surface area contributed by atoms with Crippen molar-refractivity contribution < 1.29 is 9.32 Å². The summed E-state index contributed by atoms with van der Waals surface area (Å²) in [7, 11) is 0. The van der Waals surface area contributed by atoms with Gasteiger partial charge in [0.05, 0.1) is 6.54 Å². The third-order valence-electron chi connectivity index (χ3n) is 4.09. The van der Waals surface area contributed by atoms with Crippen LogP contribution in [0.15, 0.2) is 34.9 Å². The average molecular weight is 313 g/mol. The molecule has 0 spiro atoms. The zero-order valence-electron chi connectivity index (χ0n) is 13.7. The van der Waals surface area contributed by atoms with Gasteiger partial charge < -0.3 is 9.42 Å². The van der Waals surface area contributed by atoms with Gasteiger partial charge in [-0.05, 0) is 23.8 Å². The number of hydrogen-bond acceptors (Lipinski definition) is 4. The van der Waals surface area contributed by atoms with Gasteiger partial charge in [-0.2, -0.15) is 4.98 Å². The van der Waals surface area contributed by atoms with Crippen LogP contribution in [-0.4, -0.2) is 27.5 Å². The number of benzene rings is 1. The Labute approximate surface area is 136 Å². The average Bonchev–Trinajstić information content (AvgIpc) is 3.07. The van der Waals surface area contributed by atoms with Crippen molar-refractivity contribution in [2.75, 3.05) is 6.54 Å². The van der Waals surface area contributed by atoms with Crippen LogP contribution in [0, 0.1) is 11.8 Å². The summed E-state index contributed by atoms with van der Waals surface area (Å²) in [5.74, 6) is 2.29. The summed E-state index contributed by atoms with van der Waals surface area (Å²) < 4.78 is 5.24. The largest absolute Gasteiger partial charge is 0.339 e. The lowest BCUT2D eigenvalue weighted by Gasteiger charge is -2.14. The van der Waals surface area contributed by atoms with E-state index in [2.05, 4.69) is 36.1 Å². The standard InChI is InChI=1S/C18H23N3O2/c1-13(2)8-17-19-16(20-23-17)12-21-11-15(10-18(21)22)9-14-6-4-3-5-7-14/h3-7,13,15H,8-12H2,1-2H3/t15-/m0/s1. The van der Waals surface area contributed by atoms with Gasteiger partial charge in [0.15, 0.2) is 5.82 Å². The molecule has 1 atom stereocenters. The van der Waals surface area contributed by atoms with Crippen molar-refractivity contribution in [1.29, 1.82) is 0 Å². The van der Waals surface area contributed by atoms with Crippen LogP contribution in [0.2, 0.25) is 0 Å². The van der Waals surface area contributed by atoms with E-state index in [1.807, 2.05) is 23.1 Å². The van der Waals surface area contributed by atoms with E-state index in [9.17, 15) is 4.79 Å². The molecule has 0 aliphatic carbocycles. The number of likely N-dealkylation sites (tertiary alicyclic amines) is 1. The molecule has 0 N–H and O–H groups in total. The third kappa shape index (κ3) is 4.18. The molecule has 5 heteroatoms. The fourth-order valence-corrected chi connectivity index (χ4v) is 3.05. The topological polar surface area (TPSA) is 59.2 Å². The smallest absolute Gasteiger partial charge is 0.226 e. The molecule has 1 aliphatic heterocycles. The Morgan fingerprint density at radius 1 is 1.30 bits per heavy atom. The SMILES string of the molecule is CC(C)Cc1nc(CN2C[C@@H](Cc3ccccc3)CC2=O)no1. The van der Waals surface area contributed by atoms with Gasteiger partial charge in [0.25, 0.3) is 0 Å². The Bertz CT molecular complexity index is 651. The maximum Gasteiger partial charge on any atom is 0.226 e. The first-order valence-electron chi connectivity index (χ1n) is 8.23. The molecule has 0 saturated carbocycles. The van der Waals surface area contributed by atoms with Crippen LogP contribution < -0.4 is 0 Å². The molecule has 0 bridgehead atoms. The highest BCUT2D eigenvalue weighted by molar-refractivity contribution is 5.78. The number of hydrogen-bond donors (Lipinski definition) is 0. The first kappa shape index (κ1) is 15.7. The third-order valence-corrected chi connectivity index (χ3v) is 4.09. The molecule has 23 heavy (non-hydrogen) atoms. The number of carbonyl (C=O) groups is 1. The van der Waals surface area contributed by atoms with Gasteiger partial charge in [0.1, 0.15) is 0 Å². The van der Waals surface area contributed by atoms with Crippen LogP contribution in [0.25, 0.3) is 0 Å². The molecule has 0 unspecified atom stereocenters. The maximum atomic E-state index is 12.2. The highest BCUT2D eigenvalue weighted by atomic mass is 16.5. The summed E-state index contributed by atoms with van der Waals surface area (Å²) in [6.07, 6.45) is 2.32. The quantitative estimate of drug-likeness (QED) is 0.823. The number of carbonyl (C=O) groups excluding carboxylic acids is 1. The summed E-state index contributed by atoms with van der Waals surface area (Å²) in [6.45, 7) is 5.44. The van der Waals surface area contributed by atoms with Crippen LogP contribution in [-0.2, 0) is 24.2 Å². The lowest BCUT2D eigenvalue weighted by atomic mass is 9.99. The minimum Gasteiger partial charge on any atom is -0.339 e. The molecule has 122 valence electrons. The molecule has 2 heterocycles. The number of rotatable bonds is 6. The number of amides is 1. The fourth-order valence-electron chi connectivity index (χ4n) is 3.05.